The Morgan fingerprint density at radius 2 is 1.00 bits per heavy atom. The van der Waals surface area contributed by atoms with Crippen LogP contribution in [0.2, 0.25) is 0 Å². The quantitative estimate of drug-likeness (QED) is 0.0361. The third-order valence-corrected chi connectivity index (χ3v) is 6.13. The second-order valence-corrected chi connectivity index (χ2v) is 10.0. The van der Waals surface area contributed by atoms with Crippen molar-refractivity contribution in [1.82, 2.24) is 0 Å². The van der Waals surface area contributed by atoms with E-state index in [9.17, 15) is 69.5 Å². The molecule has 1 saturated heterocycles. The van der Waals surface area contributed by atoms with E-state index in [2.05, 4.69) is 0 Å². The Labute approximate surface area is 287 Å². The van der Waals surface area contributed by atoms with Crippen LogP contribution in [-0.4, -0.2) is 139 Å². The summed E-state index contributed by atoms with van der Waals surface area (Å²) in [5, 5.41) is 87.6. The number of carbonyl (C=O) groups is 5. The first-order chi connectivity index (χ1) is 24.2. The van der Waals surface area contributed by atoms with E-state index in [1.165, 1.54) is 0 Å². The zero-order chi connectivity index (χ0) is 39.7. The van der Waals surface area contributed by atoms with Crippen molar-refractivity contribution in [2.45, 2.75) is 56.4 Å². The Kier molecular flexibility index (Phi) is 17.5. The first-order valence-corrected chi connectivity index (χ1v) is 14.2. The zero-order valence-electron chi connectivity index (χ0n) is 26.3. The van der Waals surface area contributed by atoms with Crippen LogP contribution < -0.4 is 0 Å². The molecule has 1 heterocycles. The van der Waals surface area contributed by atoms with E-state index in [0.717, 1.165) is 12.1 Å². The molecule has 27 heteroatoms. The molecular weight excluding hydrogens is 724 g/mol. The fourth-order valence-corrected chi connectivity index (χ4v) is 3.77. The molecule has 1 fully saturated rings. The second-order valence-electron chi connectivity index (χ2n) is 10.0. The van der Waals surface area contributed by atoms with Crippen molar-refractivity contribution in [3.8, 4) is 17.2 Å². The number of carboxylic acid groups (broad SMARTS) is 1. The van der Waals surface area contributed by atoms with Crippen LogP contribution in [0.25, 0.3) is 0 Å². The number of nitro groups is 4. The predicted molar refractivity (Wildman–Crippen MR) is 156 cm³/mol. The van der Waals surface area contributed by atoms with Gasteiger partial charge < -0.3 is 49.2 Å². The lowest BCUT2D eigenvalue weighted by Gasteiger charge is -2.42. The number of phenols is 3. The number of aliphatic hydroxyl groups is 1. The summed E-state index contributed by atoms with van der Waals surface area (Å²) >= 11 is 0. The van der Waals surface area contributed by atoms with Crippen LogP contribution >= 0.6 is 0 Å². The lowest BCUT2D eigenvalue weighted by Crippen LogP contribution is -2.62. The molecule has 5 unspecified atom stereocenters. The van der Waals surface area contributed by atoms with Crippen molar-refractivity contribution < 1.29 is 92.9 Å². The summed E-state index contributed by atoms with van der Waals surface area (Å²) in [7, 11) is 0. The summed E-state index contributed by atoms with van der Waals surface area (Å²) in [5.74, 6) is -8.40. The largest absolute Gasteiger partial charge is 0.504 e. The van der Waals surface area contributed by atoms with Gasteiger partial charge in [-0.15, -0.1) is 0 Å². The maximum atomic E-state index is 12.3. The molecule has 0 saturated carbocycles. The highest BCUT2D eigenvalue weighted by molar-refractivity contribution is 5.89. The average Bonchev–Trinajstić information content (AvgIpc) is 3.05. The van der Waals surface area contributed by atoms with Crippen LogP contribution in [0.15, 0.2) is 12.1 Å². The SMILES string of the molecule is O=C(CC[N+](=O)[O-])OCC1OC(O)C(OC(=O)CC[N+](=O)[O-])C(OC(=O)CC[N+](=O)[O-])C1OC(=O)CC[N+](=O)[O-].O=C(O)c1cc(O)c(O)c(O)c1. The standard InChI is InChI=1S/C18H24N4O18.C7H6O5/c23-11(1-5-19(28)29)36-9-10-15(38-12(24)2-6-20(30)31)16(39-13(25)3-7-21(32)33)17(18(27)37-10)40-14(26)4-8-22(34)35;8-4-1-3(7(11)12)2-5(9)6(4)10/h10,15-18,27H,1-9H2;1-2,8-10H,(H,11,12). The molecular formula is C25H30N4O23. The predicted octanol–water partition coefficient (Wildman–Crippen LogP) is -1.85. The molecule has 0 spiro atoms. The van der Waals surface area contributed by atoms with Gasteiger partial charge in [0.1, 0.15) is 38.4 Å². The molecule has 1 aromatic rings. The number of carboxylic acids is 1. The Morgan fingerprint density at radius 1 is 0.635 bits per heavy atom. The molecule has 2 rings (SSSR count). The monoisotopic (exact) mass is 754 g/mol. The van der Waals surface area contributed by atoms with Gasteiger partial charge in [0.25, 0.3) is 0 Å². The smallest absolute Gasteiger partial charge is 0.335 e. The third-order valence-electron chi connectivity index (χ3n) is 6.13. The zero-order valence-corrected chi connectivity index (χ0v) is 26.3. The highest BCUT2D eigenvalue weighted by Crippen LogP contribution is 2.35. The maximum Gasteiger partial charge on any atom is 0.335 e. The molecule has 0 aliphatic carbocycles. The molecule has 5 atom stereocenters. The van der Waals surface area contributed by atoms with Crippen molar-refractivity contribution in [2.75, 3.05) is 32.8 Å². The fraction of sp³-hybridized carbons (Fsp3) is 0.560. The van der Waals surface area contributed by atoms with Gasteiger partial charge in [-0.1, -0.05) is 0 Å². The van der Waals surface area contributed by atoms with Crippen LogP contribution in [0, 0.1) is 40.5 Å². The van der Waals surface area contributed by atoms with Gasteiger partial charge in [-0.25, -0.2) is 4.79 Å². The Hall–Kier alpha value is -6.51. The Bertz CT molecular complexity index is 1490. The van der Waals surface area contributed by atoms with Gasteiger partial charge in [0, 0.05) is 19.7 Å². The van der Waals surface area contributed by atoms with Gasteiger partial charge in [-0.3, -0.25) is 59.6 Å². The molecule has 0 radical (unpaired) electrons. The van der Waals surface area contributed by atoms with E-state index in [1.807, 2.05) is 0 Å². The van der Waals surface area contributed by atoms with Gasteiger partial charge in [0.15, 0.2) is 41.9 Å². The van der Waals surface area contributed by atoms with Crippen molar-refractivity contribution in [3.05, 3.63) is 58.2 Å². The first-order valence-electron chi connectivity index (χ1n) is 14.2. The molecule has 27 nitrogen and oxygen atoms in total. The minimum atomic E-state index is -2.22. The van der Waals surface area contributed by atoms with Crippen LogP contribution in [0.1, 0.15) is 36.0 Å². The van der Waals surface area contributed by atoms with E-state index >= 15 is 0 Å². The molecule has 0 bridgehead atoms. The average molecular weight is 755 g/mol. The lowest BCUT2D eigenvalue weighted by atomic mass is 9.98. The van der Waals surface area contributed by atoms with E-state index in [1.54, 1.807) is 0 Å². The number of aliphatic hydroxyl groups excluding tert-OH is 1. The van der Waals surface area contributed by atoms with E-state index in [0.29, 0.717) is 0 Å². The number of ether oxygens (including phenoxy) is 5. The van der Waals surface area contributed by atoms with Gasteiger partial charge in [0.05, 0.1) is 5.56 Å². The van der Waals surface area contributed by atoms with Crippen LogP contribution in [0.5, 0.6) is 17.2 Å². The van der Waals surface area contributed by atoms with Gasteiger partial charge in [0.2, 0.25) is 26.2 Å². The Balaban J connectivity index is 0.000000945. The van der Waals surface area contributed by atoms with Gasteiger partial charge >= 0.3 is 29.8 Å². The normalized spacial score (nSPS) is 19.1. The van der Waals surface area contributed by atoms with E-state index < -0.39 is 156 Å². The molecule has 288 valence electrons. The summed E-state index contributed by atoms with van der Waals surface area (Å²) in [6, 6.07) is 1.69. The highest BCUT2D eigenvalue weighted by atomic mass is 16.7. The van der Waals surface area contributed by atoms with E-state index in [4.69, 9.17) is 44.1 Å². The molecule has 52 heavy (non-hydrogen) atoms. The summed E-state index contributed by atoms with van der Waals surface area (Å²) in [5.41, 5.74) is -0.289. The maximum absolute atomic E-state index is 12.3. The number of benzene rings is 1. The van der Waals surface area contributed by atoms with Gasteiger partial charge in [-0.05, 0) is 12.1 Å². The molecule has 1 aliphatic heterocycles. The molecule has 0 aromatic heterocycles. The number of hydrogen-bond acceptors (Lipinski definition) is 22. The minimum absolute atomic E-state index is 0.289. The van der Waals surface area contributed by atoms with Crippen LogP contribution in [0.3, 0.4) is 0 Å². The first kappa shape index (κ1) is 43.5. The number of phenolic OH excluding ortho intramolecular Hbond substituents is 3. The van der Waals surface area contributed by atoms with Crippen molar-refractivity contribution in [3.63, 3.8) is 0 Å². The summed E-state index contributed by atoms with van der Waals surface area (Å²) in [6.45, 7) is -4.46. The Morgan fingerprint density at radius 3 is 1.38 bits per heavy atom. The van der Waals surface area contributed by atoms with Crippen molar-refractivity contribution in [1.29, 1.82) is 0 Å². The number of hydrogen-bond donors (Lipinski definition) is 5. The molecule has 1 aromatic carbocycles. The molecule has 5 N–H and O–H groups in total. The summed E-state index contributed by atoms with van der Waals surface area (Å²) < 4.78 is 25.1. The molecule has 1 aliphatic rings. The number of aromatic hydroxyl groups is 3. The minimum Gasteiger partial charge on any atom is -0.504 e. The second kappa shape index (κ2) is 20.9. The van der Waals surface area contributed by atoms with Crippen molar-refractivity contribution >= 4 is 29.8 Å². The van der Waals surface area contributed by atoms with Crippen LogP contribution in [-0.2, 0) is 42.9 Å². The summed E-state index contributed by atoms with van der Waals surface area (Å²) in [4.78, 5) is 97.6. The number of aromatic carboxylic acids is 1. The molecule has 0 amide bonds. The number of rotatable bonds is 18. The van der Waals surface area contributed by atoms with Crippen LogP contribution in [0.4, 0.5) is 0 Å². The number of nitrogens with zero attached hydrogens (tertiary/aromatic N) is 4. The fourth-order valence-electron chi connectivity index (χ4n) is 3.77. The lowest BCUT2D eigenvalue weighted by molar-refractivity contribution is -0.479. The summed E-state index contributed by atoms with van der Waals surface area (Å²) in [6.07, 6.45) is -13.2. The third kappa shape index (κ3) is 15.8. The van der Waals surface area contributed by atoms with Crippen molar-refractivity contribution in [2.24, 2.45) is 0 Å². The topological polar surface area (TPSA) is 405 Å². The van der Waals surface area contributed by atoms with Gasteiger partial charge in [-0.2, -0.15) is 0 Å². The van der Waals surface area contributed by atoms with E-state index in [-0.39, 0.29) is 5.56 Å². The number of esters is 4. The number of carbonyl (C=O) groups excluding carboxylic acids is 4. The highest BCUT2D eigenvalue weighted by Gasteiger charge is 2.52.